The van der Waals surface area contributed by atoms with Crippen LogP contribution >= 0.6 is 18.2 Å². The van der Waals surface area contributed by atoms with Crippen LogP contribution in [0.3, 0.4) is 0 Å². The van der Waals surface area contributed by atoms with Crippen molar-refractivity contribution in [3.63, 3.8) is 0 Å². The Bertz CT molecular complexity index is 419. The standard InChI is InChI=1S/C14H29N2O5PS/c1-14(2,6-7-16-10-8-15(3)9-11-16)13(17)21-12-23-22(18,19-4)20-5/h6-12H2,1-5H3. The van der Waals surface area contributed by atoms with Gasteiger partial charge in [0, 0.05) is 51.8 Å². The number of hydrogen-bond donors (Lipinski definition) is 0. The Balaban J connectivity index is 2.34. The molecule has 0 aliphatic carbocycles. The number of likely N-dealkylation sites (N-methyl/N-ethyl adjacent to an activating group) is 1. The van der Waals surface area contributed by atoms with Gasteiger partial charge >= 0.3 is 12.8 Å². The van der Waals surface area contributed by atoms with Gasteiger partial charge in [-0.2, -0.15) is 0 Å². The molecule has 9 heteroatoms. The van der Waals surface area contributed by atoms with E-state index in [0.29, 0.717) is 0 Å². The maximum absolute atomic E-state index is 12.2. The minimum atomic E-state index is -3.21. The molecule has 0 saturated carbocycles. The second-order valence-electron chi connectivity index (χ2n) is 6.27. The lowest BCUT2D eigenvalue weighted by Crippen LogP contribution is -2.45. The van der Waals surface area contributed by atoms with Gasteiger partial charge in [-0.05, 0) is 33.9 Å². The number of ether oxygens (including phenoxy) is 1. The molecule has 1 fully saturated rings. The van der Waals surface area contributed by atoms with E-state index in [0.717, 1.165) is 50.5 Å². The van der Waals surface area contributed by atoms with E-state index in [1.165, 1.54) is 14.2 Å². The van der Waals surface area contributed by atoms with Gasteiger partial charge in [0.15, 0.2) is 0 Å². The SMILES string of the molecule is COP(=O)(OC)SCOC(=O)C(C)(C)CCN1CCN(C)CC1. The van der Waals surface area contributed by atoms with E-state index in [2.05, 4.69) is 16.8 Å². The lowest BCUT2D eigenvalue weighted by molar-refractivity contribution is -0.152. The highest BCUT2D eigenvalue weighted by Gasteiger charge is 2.31. The summed E-state index contributed by atoms with van der Waals surface area (Å²) in [4.78, 5) is 16.9. The summed E-state index contributed by atoms with van der Waals surface area (Å²) in [6, 6.07) is 0. The van der Waals surface area contributed by atoms with Gasteiger partial charge in [-0.25, -0.2) is 4.57 Å². The molecule has 0 amide bonds. The minimum Gasteiger partial charge on any atom is -0.454 e. The highest BCUT2D eigenvalue weighted by Crippen LogP contribution is 2.59. The molecule has 7 nitrogen and oxygen atoms in total. The highest BCUT2D eigenvalue weighted by atomic mass is 32.7. The molecular formula is C14H29N2O5PS. The number of carbonyl (C=O) groups is 1. The average molecular weight is 368 g/mol. The number of rotatable bonds is 9. The van der Waals surface area contributed by atoms with Crippen LogP contribution in [0.4, 0.5) is 0 Å². The maximum Gasteiger partial charge on any atom is 0.391 e. The van der Waals surface area contributed by atoms with Crippen molar-refractivity contribution in [3.8, 4) is 0 Å². The second kappa shape index (κ2) is 9.39. The summed E-state index contributed by atoms with van der Waals surface area (Å²) in [6.45, 7) is 5.60. The van der Waals surface area contributed by atoms with Crippen molar-refractivity contribution in [3.05, 3.63) is 0 Å². The highest BCUT2D eigenvalue weighted by molar-refractivity contribution is 8.55. The fourth-order valence-electron chi connectivity index (χ4n) is 2.13. The average Bonchev–Trinajstić information content (AvgIpc) is 2.54. The summed E-state index contributed by atoms with van der Waals surface area (Å²) >= 11 is 0.867. The molecule has 1 saturated heterocycles. The molecule has 0 radical (unpaired) electrons. The molecule has 0 atom stereocenters. The fraction of sp³-hybridized carbons (Fsp3) is 0.929. The Kier molecular flexibility index (Phi) is 8.55. The fourth-order valence-corrected chi connectivity index (χ4v) is 3.96. The number of hydrogen-bond acceptors (Lipinski definition) is 8. The quantitative estimate of drug-likeness (QED) is 0.349. The summed E-state index contributed by atoms with van der Waals surface area (Å²) in [6.07, 6.45) is 0.729. The van der Waals surface area contributed by atoms with Crippen molar-refractivity contribution in [2.24, 2.45) is 5.41 Å². The van der Waals surface area contributed by atoms with Gasteiger partial charge in [-0.1, -0.05) is 0 Å². The van der Waals surface area contributed by atoms with Crippen LogP contribution < -0.4 is 0 Å². The first-order chi connectivity index (χ1) is 10.7. The van der Waals surface area contributed by atoms with E-state index >= 15 is 0 Å². The van der Waals surface area contributed by atoms with Crippen LogP contribution in [0.2, 0.25) is 0 Å². The first-order valence-corrected chi connectivity index (χ1v) is 10.8. The summed E-state index contributed by atoms with van der Waals surface area (Å²) in [5.41, 5.74) is -0.575. The van der Waals surface area contributed by atoms with Crippen molar-refractivity contribution >= 4 is 24.1 Å². The molecule has 0 N–H and O–H groups in total. The van der Waals surface area contributed by atoms with Crippen LogP contribution in [-0.2, 0) is 23.1 Å². The van der Waals surface area contributed by atoms with Crippen LogP contribution in [-0.4, -0.2) is 75.7 Å². The van der Waals surface area contributed by atoms with Crippen molar-refractivity contribution in [1.29, 1.82) is 0 Å². The van der Waals surface area contributed by atoms with Gasteiger partial charge in [0.25, 0.3) is 0 Å². The third-order valence-electron chi connectivity index (χ3n) is 4.05. The molecular weight excluding hydrogens is 339 g/mol. The monoisotopic (exact) mass is 368 g/mol. The lowest BCUT2D eigenvalue weighted by Gasteiger charge is -2.34. The van der Waals surface area contributed by atoms with Gasteiger partial charge in [0.05, 0.1) is 5.41 Å². The van der Waals surface area contributed by atoms with Crippen molar-refractivity contribution in [2.75, 3.05) is 59.9 Å². The Morgan fingerprint density at radius 3 is 2.26 bits per heavy atom. The number of piperazine rings is 1. The van der Waals surface area contributed by atoms with Gasteiger partial charge < -0.3 is 23.6 Å². The predicted octanol–water partition coefficient (Wildman–Crippen LogP) is 2.28. The number of nitrogens with zero attached hydrogens (tertiary/aromatic N) is 2. The summed E-state index contributed by atoms with van der Waals surface area (Å²) in [5.74, 6) is -0.340. The number of esters is 1. The van der Waals surface area contributed by atoms with Crippen LogP contribution in [0.15, 0.2) is 0 Å². The molecule has 23 heavy (non-hydrogen) atoms. The van der Waals surface area contributed by atoms with E-state index in [4.69, 9.17) is 13.8 Å². The van der Waals surface area contributed by atoms with Gasteiger partial charge in [0.1, 0.15) is 5.94 Å². The molecule has 0 aromatic rings. The molecule has 1 aliphatic rings. The minimum absolute atomic E-state index is 0.0459. The summed E-state index contributed by atoms with van der Waals surface area (Å²) in [5, 5.41) is 0. The second-order valence-corrected chi connectivity index (χ2v) is 10.5. The summed E-state index contributed by atoms with van der Waals surface area (Å²) < 4.78 is 26.7. The first kappa shape index (κ1) is 20.9. The largest absolute Gasteiger partial charge is 0.454 e. The smallest absolute Gasteiger partial charge is 0.391 e. The summed E-state index contributed by atoms with van der Waals surface area (Å²) in [7, 11) is 4.73. The van der Waals surface area contributed by atoms with Crippen molar-refractivity contribution in [2.45, 2.75) is 20.3 Å². The molecule has 1 aliphatic heterocycles. The van der Waals surface area contributed by atoms with Gasteiger partial charge in [0.2, 0.25) is 0 Å². The number of carbonyl (C=O) groups excluding carboxylic acids is 1. The van der Waals surface area contributed by atoms with Gasteiger partial charge in [-0.3, -0.25) is 4.79 Å². The molecule has 0 aromatic carbocycles. The van der Waals surface area contributed by atoms with Crippen LogP contribution in [0, 0.1) is 5.41 Å². The Labute approximate surface area is 143 Å². The molecule has 0 bridgehead atoms. The molecule has 0 unspecified atom stereocenters. The van der Waals surface area contributed by atoms with Crippen molar-refractivity contribution < 1.29 is 23.1 Å². The normalized spacial score (nSPS) is 18.1. The zero-order valence-electron chi connectivity index (χ0n) is 14.7. The van der Waals surface area contributed by atoms with Crippen LogP contribution in [0.1, 0.15) is 20.3 Å². The van der Waals surface area contributed by atoms with Crippen molar-refractivity contribution in [1.82, 2.24) is 9.80 Å². The maximum atomic E-state index is 12.2. The first-order valence-electron chi connectivity index (χ1n) is 7.66. The zero-order chi connectivity index (χ0) is 17.5. The Morgan fingerprint density at radius 2 is 1.74 bits per heavy atom. The third kappa shape index (κ3) is 7.11. The zero-order valence-corrected chi connectivity index (χ0v) is 16.5. The molecule has 1 heterocycles. The lowest BCUT2D eigenvalue weighted by atomic mass is 9.89. The molecule has 1 rings (SSSR count). The van der Waals surface area contributed by atoms with Crippen LogP contribution in [0.5, 0.6) is 0 Å². The van der Waals surface area contributed by atoms with E-state index in [1.54, 1.807) is 0 Å². The Hall–Kier alpha value is -0.110. The molecule has 0 spiro atoms. The third-order valence-corrected chi connectivity index (χ3v) is 7.64. The predicted molar refractivity (Wildman–Crippen MR) is 92.5 cm³/mol. The van der Waals surface area contributed by atoms with E-state index < -0.39 is 12.2 Å². The van der Waals surface area contributed by atoms with Crippen LogP contribution in [0.25, 0.3) is 0 Å². The molecule has 136 valence electrons. The van der Waals surface area contributed by atoms with E-state index in [-0.39, 0.29) is 11.9 Å². The van der Waals surface area contributed by atoms with Gasteiger partial charge in [-0.15, -0.1) is 0 Å². The molecule has 0 aromatic heterocycles. The Morgan fingerprint density at radius 1 is 1.17 bits per heavy atom. The van der Waals surface area contributed by atoms with E-state index in [1.807, 2.05) is 13.8 Å². The topological polar surface area (TPSA) is 68.3 Å². The van der Waals surface area contributed by atoms with E-state index in [9.17, 15) is 9.36 Å².